The van der Waals surface area contributed by atoms with Crippen molar-refractivity contribution >= 4 is 11.7 Å². The molecular weight excluding hydrogens is 218 g/mol. The largest absolute Gasteiger partial charge is 0.409 e. The lowest BCUT2D eigenvalue weighted by atomic mass is 9.79. The summed E-state index contributed by atoms with van der Waals surface area (Å²) in [7, 11) is 0. The number of piperidine rings is 1. The lowest BCUT2D eigenvalue weighted by Gasteiger charge is -2.39. The molecule has 0 radical (unpaired) electrons. The Hall–Kier alpha value is -1.26. The number of oxime groups is 1. The topological polar surface area (TPSA) is 78.9 Å². The zero-order chi connectivity index (χ0) is 13.1. The van der Waals surface area contributed by atoms with Gasteiger partial charge in [-0.1, -0.05) is 25.9 Å². The van der Waals surface area contributed by atoms with Gasteiger partial charge in [0.05, 0.1) is 0 Å². The Morgan fingerprint density at radius 1 is 1.53 bits per heavy atom. The standard InChI is InChI=1S/C12H23N3O2/c1-4-9(2)10(16)15-7-5-12(3,6-8-15)11(13)14-17/h9,17H,4-8H2,1-3H3,(H2,13,14). The first-order chi connectivity index (χ1) is 7.94. The molecule has 0 bridgehead atoms. The Morgan fingerprint density at radius 2 is 2.06 bits per heavy atom. The van der Waals surface area contributed by atoms with Gasteiger partial charge in [-0.25, -0.2) is 0 Å². The average Bonchev–Trinajstić information content (AvgIpc) is 2.36. The molecule has 0 aromatic rings. The van der Waals surface area contributed by atoms with E-state index >= 15 is 0 Å². The molecule has 5 heteroatoms. The van der Waals surface area contributed by atoms with Gasteiger partial charge in [0.2, 0.25) is 5.91 Å². The zero-order valence-electron chi connectivity index (χ0n) is 10.9. The van der Waals surface area contributed by atoms with Crippen molar-refractivity contribution in [1.82, 2.24) is 4.90 Å². The quantitative estimate of drug-likeness (QED) is 0.339. The van der Waals surface area contributed by atoms with Crippen molar-refractivity contribution in [3.05, 3.63) is 0 Å². The number of amides is 1. The molecule has 1 fully saturated rings. The van der Waals surface area contributed by atoms with E-state index in [-0.39, 0.29) is 23.1 Å². The lowest BCUT2D eigenvalue weighted by Crippen LogP contribution is -2.48. The minimum Gasteiger partial charge on any atom is -0.409 e. The number of nitrogens with two attached hydrogens (primary N) is 1. The fourth-order valence-corrected chi connectivity index (χ4v) is 2.08. The molecule has 0 spiro atoms. The van der Waals surface area contributed by atoms with Crippen molar-refractivity contribution in [2.24, 2.45) is 22.2 Å². The maximum atomic E-state index is 12.0. The maximum Gasteiger partial charge on any atom is 0.225 e. The number of nitrogens with zero attached hydrogens (tertiary/aromatic N) is 2. The van der Waals surface area contributed by atoms with Crippen LogP contribution in [0.4, 0.5) is 0 Å². The molecule has 17 heavy (non-hydrogen) atoms. The SMILES string of the molecule is CCC(C)C(=O)N1CCC(C)(C(N)=NO)CC1. The van der Waals surface area contributed by atoms with Crippen LogP contribution < -0.4 is 5.73 Å². The van der Waals surface area contributed by atoms with Gasteiger partial charge in [0.25, 0.3) is 0 Å². The van der Waals surface area contributed by atoms with Gasteiger partial charge in [0.1, 0.15) is 5.84 Å². The zero-order valence-corrected chi connectivity index (χ0v) is 10.9. The van der Waals surface area contributed by atoms with Gasteiger partial charge in [0.15, 0.2) is 0 Å². The third kappa shape index (κ3) is 2.90. The number of likely N-dealkylation sites (tertiary alicyclic amines) is 1. The minimum atomic E-state index is -0.277. The van der Waals surface area contributed by atoms with E-state index in [1.807, 2.05) is 25.7 Å². The van der Waals surface area contributed by atoms with E-state index in [9.17, 15) is 4.79 Å². The van der Waals surface area contributed by atoms with Gasteiger partial charge in [-0.05, 0) is 19.3 Å². The van der Waals surface area contributed by atoms with Crippen molar-refractivity contribution in [3.8, 4) is 0 Å². The first kappa shape index (κ1) is 13.8. The van der Waals surface area contributed by atoms with Crippen LogP contribution in [0.3, 0.4) is 0 Å². The van der Waals surface area contributed by atoms with Gasteiger partial charge in [-0.15, -0.1) is 0 Å². The third-order valence-corrected chi connectivity index (χ3v) is 3.94. The van der Waals surface area contributed by atoms with E-state index in [1.165, 1.54) is 0 Å². The molecule has 1 aliphatic rings. The summed E-state index contributed by atoms with van der Waals surface area (Å²) in [6.45, 7) is 7.34. The van der Waals surface area contributed by atoms with Crippen LogP contribution in [0.15, 0.2) is 5.16 Å². The summed E-state index contributed by atoms with van der Waals surface area (Å²) in [4.78, 5) is 13.9. The highest BCUT2D eigenvalue weighted by molar-refractivity contribution is 5.86. The van der Waals surface area contributed by atoms with Gasteiger partial charge in [-0.3, -0.25) is 4.79 Å². The van der Waals surface area contributed by atoms with E-state index in [4.69, 9.17) is 10.9 Å². The molecule has 1 saturated heterocycles. The lowest BCUT2D eigenvalue weighted by molar-refractivity contribution is -0.136. The molecule has 5 nitrogen and oxygen atoms in total. The Balaban J connectivity index is 2.60. The van der Waals surface area contributed by atoms with Crippen LogP contribution in [0.25, 0.3) is 0 Å². The number of hydrogen-bond acceptors (Lipinski definition) is 3. The molecule has 3 N–H and O–H groups in total. The molecular formula is C12H23N3O2. The first-order valence-electron chi connectivity index (χ1n) is 6.21. The molecule has 1 unspecified atom stereocenters. The Bertz CT molecular complexity index is 307. The van der Waals surface area contributed by atoms with Crippen LogP contribution >= 0.6 is 0 Å². The second-order valence-electron chi connectivity index (χ2n) is 5.18. The van der Waals surface area contributed by atoms with E-state index < -0.39 is 0 Å². The molecule has 0 saturated carbocycles. The maximum absolute atomic E-state index is 12.0. The van der Waals surface area contributed by atoms with Crippen LogP contribution in [-0.4, -0.2) is 34.9 Å². The Morgan fingerprint density at radius 3 is 2.47 bits per heavy atom. The summed E-state index contributed by atoms with van der Waals surface area (Å²) in [5, 5.41) is 11.8. The fraction of sp³-hybridized carbons (Fsp3) is 0.833. The predicted molar refractivity (Wildman–Crippen MR) is 66.8 cm³/mol. The Labute approximate surface area is 103 Å². The second-order valence-corrected chi connectivity index (χ2v) is 5.18. The highest BCUT2D eigenvalue weighted by Gasteiger charge is 2.36. The number of rotatable bonds is 3. The summed E-state index contributed by atoms with van der Waals surface area (Å²) < 4.78 is 0. The summed E-state index contributed by atoms with van der Waals surface area (Å²) in [5.41, 5.74) is 5.41. The highest BCUT2D eigenvalue weighted by Crippen LogP contribution is 2.31. The molecule has 0 aromatic heterocycles. The summed E-state index contributed by atoms with van der Waals surface area (Å²) in [6.07, 6.45) is 2.38. The number of amidine groups is 1. The van der Waals surface area contributed by atoms with Crippen LogP contribution in [0.2, 0.25) is 0 Å². The monoisotopic (exact) mass is 241 g/mol. The molecule has 1 aliphatic heterocycles. The molecule has 1 heterocycles. The molecule has 1 amide bonds. The van der Waals surface area contributed by atoms with Gasteiger partial charge >= 0.3 is 0 Å². The number of carbonyl (C=O) groups excluding carboxylic acids is 1. The molecule has 1 atom stereocenters. The first-order valence-corrected chi connectivity index (χ1v) is 6.21. The molecule has 0 aliphatic carbocycles. The normalized spacial score (nSPS) is 22.3. The van der Waals surface area contributed by atoms with E-state index in [2.05, 4.69) is 5.16 Å². The minimum absolute atomic E-state index is 0.0863. The molecule has 1 rings (SSSR count). The molecule has 98 valence electrons. The third-order valence-electron chi connectivity index (χ3n) is 3.94. The number of hydrogen-bond donors (Lipinski definition) is 2. The smallest absolute Gasteiger partial charge is 0.225 e. The highest BCUT2D eigenvalue weighted by atomic mass is 16.4. The van der Waals surface area contributed by atoms with Crippen molar-refractivity contribution in [2.45, 2.75) is 40.0 Å². The van der Waals surface area contributed by atoms with Crippen molar-refractivity contribution in [1.29, 1.82) is 0 Å². The number of carbonyl (C=O) groups is 1. The van der Waals surface area contributed by atoms with E-state index in [0.29, 0.717) is 13.1 Å². The van der Waals surface area contributed by atoms with Crippen LogP contribution in [0.1, 0.15) is 40.0 Å². The van der Waals surface area contributed by atoms with Crippen LogP contribution in [0, 0.1) is 11.3 Å². The van der Waals surface area contributed by atoms with Gasteiger partial charge in [0, 0.05) is 24.4 Å². The predicted octanol–water partition coefficient (Wildman–Crippen LogP) is 1.41. The van der Waals surface area contributed by atoms with Gasteiger partial charge < -0.3 is 15.8 Å². The van der Waals surface area contributed by atoms with E-state index in [1.54, 1.807) is 0 Å². The van der Waals surface area contributed by atoms with Crippen molar-refractivity contribution in [3.63, 3.8) is 0 Å². The van der Waals surface area contributed by atoms with Gasteiger partial charge in [-0.2, -0.15) is 0 Å². The second kappa shape index (κ2) is 5.38. The molecule has 0 aromatic carbocycles. The summed E-state index contributed by atoms with van der Waals surface area (Å²) in [6, 6.07) is 0. The summed E-state index contributed by atoms with van der Waals surface area (Å²) in [5.74, 6) is 0.574. The average molecular weight is 241 g/mol. The Kier molecular flexibility index (Phi) is 4.37. The van der Waals surface area contributed by atoms with E-state index in [0.717, 1.165) is 19.3 Å². The van der Waals surface area contributed by atoms with Crippen LogP contribution in [0.5, 0.6) is 0 Å². The summed E-state index contributed by atoms with van der Waals surface area (Å²) >= 11 is 0. The van der Waals surface area contributed by atoms with Crippen molar-refractivity contribution in [2.75, 3.05) is 13.1 Å². The van der Waals surface area contributed by atoms with Crippen LogP contribution in [-0.2, 0) is 4.79 Å². The fourth-order valence-electron chi connectivity index (χ4n) is 2.08. The van der Waals surface area contributed by atoms with Crippen molar-refractivity contribution < 1.29 is 10.0 Å².